The van der Waals surface area contributed by atoms with Gasteiger partial charge in [0.05, 0.1) is 12.5 Å². The highest BCUT2D eigenvalue weighted by molar-refractivity contribution is 5.78. The molecule has 3 N–H and O–H groups in total. The van der Waals surface area contributed by atoms with Crippen LogP contribution in [0.25, 0.3) is 0 Å². The van der Waals surface area contributed by atoms with E-state index >= 15 is 0 Å². The van der Waals surface area contributed by atoms with Crippen LogP contribution in [0.2, 0.25) is 0 Å². The summed E-state index contributed by atoms with van der Waals surface area (Å²) < 4.78 is 0. The molecule has 2 rings (SSSR count). The lowest BCUT2D eigenvalue weighted by molar-refractivity contribution is -0.143. The van der Waals surface area contributed by atoms with Crippen molar-refractivity contribution in [2.45, 2.75) is 44.6 Å². The van der Waals surface area contributed by atoms with Crippen LogP contribution in [0.1, 0.15) is 38.5 Å². The molecule has 102 valence electrons. The smallest absolute Gasteiger partial charge is 0.306 e. The summed E-state index contributed by atoms with van der Waals surface area (Å²) in [6.07, 6.45) is 5.63. The normalized spacial score (nSPS) is 27.8. The van der Waals surface area contributed by atoms with E-state index in [2.05, 4.69) is 10.6 Å². The maximum Gasteiger partial charge on any atom is 0.306 e. The van der Waals surface area contributed by atoms with Gasteiger partial charge in [-0.25, -0.2) is 0 Å². The van der Waals surface area contributed by atoms with E-state index in [0.29, 0.717) is 18.5 Å². The molecule has 2 fully saturated rings. The van der Waals surface area contributed by atoms with Gasteiger partial charge in [0.25, 0.3) is 0 Å². The number of nitrogens with one attached hydrogen (secondary N) is 2. The van der Waals surface area contributed by atoms with Crippen LogP contribution in [-0.4, -0.2) is 36.1 Å². The standard InChI is InChI=1S/C13H22N2O3/c16-12(15-7-9-1-2-9)8-14-11-5-3-10(4-6-11)13(17)18/h9-11,14H,1-8H2,(H,15,16)(H,17,18). The highest BCUT2D eigenvalue weighted by Crippen LogP contribution is 2.27. The molecule has 18 heavy (non-hydrogen) atoms. The number of carbonyl (C=O) groups excluding carboxylic acids is 1. The maximum absolute atomic E-state index is 11.5. The van der Waals surface area contributed by atoms with Gasteiger partial charge < -0.3 is 15.7 Å². The minimum Gasteiger partial charge on any atom is -0.481 e. The quantitative estimate of drug-likeness (QED) is 0.653. The third kappa shape index (κ3) is 4.29. The highest BCUT2D eigenvalue weighted by atomic mass is 16.4. The molecule has 0 bridgehead atoms. The number of hydrogen-bond donors (Lipinski definition) is 3. The Morgan fingerprint density at radius 3 is 2.28 bits per heavy atom. The van der Waals surface area contributed by atoms with Gasteiger partial charge >= 0.3 is 5.97 Å². The van der Waals surface area contributed by atoms with Crippen LogP contribution in [0.3, 0.4) is 0 Å². The van der Waals surface area contributed by atoms with E-state index in [0.717, 1.165) is 32.2 Å². The van der Waals surface area contributed by atoms with Crippen molar-refractivity contribution in [2.75, 3.05) is 13.1 Å². The van der Waals surface area contributed by atoms with Crippen LogP contribution in [-0.2, 0) is 9.59 Å². The van der Waals surface area contributed by atoms with E-state index < -0.39 is 5.97 Å². The van der Waals surface area contributed by atoms with Crippen LogP contribution >= 0.6 is 0 Å². The zero-order valence-corrected chi connectivity index (χ0v) is 10.7. The van der Waals surface area contributed by atoms with Crippen LogP contribution in [0, 0.1) is 11.8 Å². The molecule has 0 aliphatic heterocycles. The topological polar surface area (TPSA) is 78.4 Å². The van der Waals surface area contributed by atoms with Crippen LogP contribution in [0.4, 0.5) is 0 Å². The van der Waals surface area contributed by atoms with Gasteiger partial charge in [0, 0.05) is 12.6 Å². The molecule has 5 heteroatoms. The Morgan fingerprint density at radius 1 is 1.06 bits per heavy atom. The summed E-state index contributed by atoms with van der Waals surface area (Å²) >= 11 is 0. The fourth-order valence-corrected chi connectivity index (χ4v) is 2.42. The second-order valence-electron chi connectivity index (χ2n) is 5.52. The second kappa shape index (κ2) is 6.18. The number of carboxylic acids is 1. The average molecular weight is 254 g/mol. The van der Waals surface area contributed by atoms with E-state index in [1.807, 2.05) is 0 Å². The molecule has 0 aromatic carbocycles. The molecule has 1 amide bonds. The predicted octanol–water partition coefficient (Wildman–Crippen LogP) is 0.746. The summed E-state index contributed by atoms with van der Waals surface area (Å²) in [5.41, 5.74) is 0. The third-order valence-corrected chi connectivity index (χ3v) is 3.91. The minimum atomic E-state index is -0.685. The summed E-state index contributed by atoms with van der Waals surface area (Å²) in [7, 11) is 0. The van der Waals surface area contributed by atoms with E-state index in [9.17, 15) is 9.59 Å². The molecule has 0 saturated heterocycles. The Balaban J connectivity index is 1.56. The zero-order valence-electron chi connectivity index (χ0n) is 10.7. The molecule has 0 spiro atoms. The average Bonchev–Trinajstić information content (AvgIpc) is 3.18. The first-order valence-electron chi connectivity index (χ1n) is 6.88. The van der Waals surface area contributed by atoms with Gasteiger partial charge in [-0.05, 0) is 44.4 Å². The number of hydrogen-bond acceptors (Lipinski definition) is 3. The molecule has 2 aliphatic rings. The molecule has 0 aromatic heterocycles. The van der Waals surface area contributed by atoms with Crippen molar-refractivity contribution in [3.05, 3.63) is 0 Å². The molecule has 0 unspecified atom stereocenters. The number of amides is 1. The molecular formula is C13H22N2O3. The number of carbonyl (C=O) groups is 2. The molecule has 0 radical (unpaired) electrons. The first-order chi connectivity index (χ1) is 8.65. The lowest BCUT2D eigenvalue weighted by atomic mass is 9.86. The van der Waals surface area contributed by atoms with Gasteiger partial charge in [0.15, 0.2) is 0 Å². The van der Waals surface area contributed by atoms with E-state index in [4.69, 9.17) is 5.11 Å². The fourth-order valence-electron chi connectivity index (χ4n) is 2.42. The lowest BCUT2D eigenvalue weighted by Crippen LogP contribution is -2.41. The van der Waals surface area contributed by atoms with Crippen molar-refractivity contribution in [2.24, 2.45) is 11.8 Å². The zero-order chi connectivity index (χ0) is 13.0. The van der Waals surface area contributed by atoms with E-state index in [1.165, 1.54) is 12.8 Å². The van der Waals surface area contributed by atoms with Crippen molar-refractivity contribution in [3.8, 4) is 0 Å². The van der Waals surface area contributed by atoms with Crippen molar-refractivity contribution < 1.29 is 14.7 Å². The van der Waals surface area contributed by atoms with Gasteiger partial charge in [-0.3, -0.25) is 9.59 Å². The van der Waals surface area contributed by atoms with Gasteiger partial charge in [0.1, 0.15) is 0 Å². The monoisotopic (exact) mass is 254 g/mol. The Kier molecular flexibility index (Phi) is 4.58. The maximum atomic E-state index is 11.5. The van der Waals surface area contributed by atoms with Gasteiger partial charge in [0.2, 0.25) is 5.91 Å². The van der Waals surface area contributed by atoms with Crippen molar-refractivity contribution in [1.82, 2.24) is 10.6 Å². The lowest BCUT2D eigenvalue weighted by Gasteiger charge is -2.26. The summed E-state index contributed by atoms with van der Waals surface area (Å²) in [5, 5.41) is 15.0. The second-order valence-corrected chi connectivity index (χ2v) is 5.52. The Hall–Kier alpha value is -1.10. The summed E-state index contributed by atoms with van der Waals surface area (Å²) in [4.78, 5) is 22.3. The molecule has 2 saturated carbocycles. The molecule has 5 nitrogen and oxygen atoms in total. The van der Waals surface area contributed by atoms with Crippen molar-refractivity contribution in [1.29, 1.82) is 0 Å². The molecule has 0 atom stereocenters. The molecule has 0 heterocycles. The Bertz CT molecular complexity index is 307. The highest BCUT2D eigenvalue weighted by Gasteiger charge is 2.26. The fraction of sp³-hybridized carbons (Fsp3) is 0.846. The number of rotatable bonds is 6. The number of carboxylic acid groups (broad SMARTS) is 1. The first kappa shape index (κ1) is 13.3. The predicted molar refractivity (Wildman–Crippen MR) is 67.1 cm³/mol. The Morgan fingerprint density at radius 2 is 1.72 bits per heavy atom. The van der Waals surface area contributed by atoms with Crippen LogP contribution < -0.4 is 10.6 Å². The van der Waals surface area contributed by atoms with Crippen LogP contribution in [0.15, 0.2) is 0 Å². The van der Waals surface area contributed by atoms with Gasteiger partial charge in [-0.2, -0.15) is 0 Å². The van der Waals surface area contributed by atoms with Gasteiger partial charge in [-0.15, -0.1) is 0 Å². The molecule has 0 aromatic rings. The van der Waals surface area contributed by atoms with Crippen molar-refractivity contribution in [3.63, 3.8) is 0 Å². The van der Waals surface area contributed by atoms with Crippen LogP contribution in [0.5, 0.6) is 0 Å². The molecular weight excluding hydrogens is 232 g/mol. The third-order valence-electron chi connectivity index (χ3n) is 3.91. The minimum absolute atomic E-state index is 0.0576. The van der Waals surface area contributed by atoms with Gasteiger partial charge in [-0.1, -0.05) is 0 Å². The molecule has 2 aliphatic carbocycles. The largest absolute Gasteiger partial charge is 0.481 e. The van der Waals surface area contributed by atoms with Crippen molar-refractivity contribution >= 4 is 11.9 Å². The number of aliphatic carboxylic acids is 1. The Labute approximate surface area is 107 Å². The van der Waals surface area contributed by atoms with E-state index in [-0.39, 0.29) is 11.8 Å². The first-order valence-corrected chi connectivity index (χ1v) is 6.88. The summed E-state index contributed by atoms with van der Waals surface area (Å²) in [6.45, 7) is 1.17. The summed E-state index contributed by atoms with van der Waals surface area (Å²) in [5.74, 6) is -0.107. The summed E-state index contributed by atoms with van der Waals surface area (Å²) in [6, 6.07) is 0.298. The SMILES string of the molecule is O=C(CNC1CCC(C(=O)O)CC1)NCC1CC1. The van der Waals surface area contributed by atoms with E-state index in [1.54, 1.807) is 0 Å².